The van der Waals surface area contributed by atoms with Gasteiger partial charge in [0.25, 0.3) is 0 Å². The van der Waals surface area contributed by atoms with Gasteiger partial charge < -0.3 is 5.32 Å². The topological polar surface area (TPSA) is 42.0 Å². The third kappa shape index (κ3) is 5.18. The number of alkyl halides is 3. The number of amides is 1. The lowest BCUT2D eigenvalue weighted by Gasteiger charge is -2.14. The molecule has 1 aromatic rings. The van der Waals surface area contributed by atoms with Crippen molar-refractivity contribution in [3.05, 3.63) is 15.6 Å². The van der Waals surface area contributed by atoms with Gasteiger partial charge in [-0.1, -0.05) is 6.92 Å². The van der Waals surface area contributed by atoms with Crippen molar-refractivity contribution >= 4 is 17.2 Å². The average Bonchev–Trinajstić information content (AvgIpc) is 2.63. The number of hydrogen-bond acceptors (Lipinski definition) is 3. The molecule has 7 heteroatoms. The van der Waals surface area contributed by atoms with E-state index in [9.17, 15) is 18.0 Å². The second-order valence-corrected chi connectivity index (χ2v) is 5.57. The Bertz CT molecular complexity index is 423. The number of nitrogens with one attached hydrogen (secondary N) is 1. The molecule has 1 rings (SSSR count). The highest BCUT2D eigenvalue weighted by atomic mass is 32.1. The smallest absolute Gasteiger partial charge is 0.347 e. The molecule has 1 amide bonds. The summed E-state index contributed by atoms with van der Waals surface area (Å²) in [6.45, 7) is 5.66. The van der Waals surface area contributed by atoms with Crippen LogP contribution in [0.4, 0.5) is 13.2 Å². The zero-order valence-corrected chi connectivity index (χ0v) is 11.9. The summed E-state index contributed by atoms with van der Waals surface area (Å²) in [5, 5.41) is 3.35. The average molecular weight is 294 g/mol. The Kier molecular flexibility index (Phi) is 5.34. The molecule has 1 heterocycles. The van der Waals surface area contributed by atoms with Crippen molar-refractivity contribution in [3.63, 3.8) is 0 Å². The van der Waals surface area contributed by atoms with E-state index in [-0.39, 0.29) is 6.04 Å². The molecule has 1 N–H and O–H groups in total. The minimum absolute atomic E-state index is 0.307. The van der Waals surface area contributed by atoms with E-state index in [1.54, 1.807) is 0 Å². The Hall–Kier alpha value is -1.11. The number of carbonyl (C=O) groups excluding carboxylic acids is 1. The molecule has 0 aliphatic carbocycles. The Morgan fingerprint density at radius 2 is 2.05 bits per heavy atom. The molecule has 0 aromatic carbocycles. The van der Waals surface area contributed by atoms with Crippen LogP contribution in [0, 0.1) is 13.8 Å². The third-order valence-corrected chi connectivity index (χ3v) is 3.91. The summed E-state index contributed by atoms with van der Waals surface area (Å²) in [4.78, 5) is 16.9. The highest BCUT2D eigenvalue weighted by molar-refractivity contribution is 7.11. The monoisotopic (exact) mass is 294 g/mol. The zero-order chi connectivity index (χ0) is 14.6. The SMILES string of the molecule is CCC(NC(=O)CCC(F)(F)F)c1nc(C)c(C)s1. The Balaban J connectivity index is 2.60. The van der Waals surface area contributed by atoms with Crippen LogP contribution in [0.25, 0.3) is 0 Å². The molecule has 108 valence electrons. The highest BCUT2D eigenvalue weighted by Crippen LogP contribution is 2.26. The summed E-state index contributed by atoms with van der Waals surface area (Å²) >= 11 is 1.46. The molecule has 0 aliphatic heterocycles. The summed E-state index contributed by atoms with van der Waals surface area (Å²) in [5.74, 6) is -0.588. The van der Waals surface area contributed by atoms with Gasteiger partial charge in [0.1, 0.15) is 5.01 Å². The van der Waals surface area contributed by atoms with E-state index in [0.717, 1.165) is 15.6 Å². The summed E-state index contributed by atoms with van der Waals surface area (Å²) in [6, 6.07) is -0.307. The van der Waals surface area contributed by atoms with E-state index >= 15 is 0 Å². The van der Waals surface area contributed by atoms with Crippen LogP contribution in [0.5, 0.6) is 0 Å². The number of carbonyl (C=O) groups is 1. The van der Waals surface area contributed by atoms with Gasteiger partial charge in [-0.15, -0.1) is 11.3 Å². The largest absolute Gasteiger partial charge is 0.389 e. The van der Waals surface area contributed by atoms with E-state index < -0.39 is 24.9 Å². The van der Waals surface area contributed by atoms with E-state index in [2.05, 4.69) is 10.3 Å². The van der Waals surface area contributed by atoms with Crippen molar-refractivity contribution in [1.82, 2.24) is 10.3 Å². The molecule has 0 radical (unpaired) electrons. The number of rotatable bonds is 5. The van der Waals surface area contributed by atoms with Crippen LogP contribution in [0.3, 0.4) is 0 Å². The van der Waals surface area contributed by atoms with Crippen LogP contribution in [-0.4, -0.2) is 17.1 Å². The molecule has 1 atom stereocenters. The molecule has 0 saturated carbocycles. The van der Waals surface area contributed by atoms with Crippen LogP contribution in [0.2, 0.25) is 0 Å². The molecule has 19 heavy (non-hydrogen) atoms. The van der Waals surface area contributed by atoms with Gasteiger partial charge in [-0.05, 0) is 20.3 Å². The van der Waals surface area contributed by atoms with Crippen molar-refractivity contribution in [1.29, 1.82) is 0 Å². The standard InChI is InChI=1S/C12H17F3N2OS/c1-4-9(11-16-7(2)8(3)19-11)17-10(18)5-6-12(13,14)15/h9H,4-6H2,1-3H3,(H,17,18). The molecule has 0 saturated heterocycles. The maximum absolute atomic E-state index is 12.0. The number of nitrogens with zero attached hydrogens (tertiary/aromatic N) is 1. The minimum atomic E-state index is -4.30. The first-order chi connectivity index (χ1) is 8.73. The van der Waals surface area contributed by atoms with Gasteiger partial charge in [0, 0.05) is 11.3 Å². The second kappa shape index (κ2) is 6.36. The fraction of sp³-hybridized carbons (Fsp3) is 0.667. The summed E-state index contributed by atoms with van der Waals surface area (Å²) in [7, 11) is 0. The Labute approximate surface area is 114 Å². The van der Waals surface area contributed by atoms with Crippen molar-refractivity contribution < 1.29 is 18.0 Å². The normalized spacial score (nSPS) is 13.4. The molecule has 0 aliphatic rings. The van der Waals surface area contributed by atoms with Gasteiger partial charge in [0.05, 0.1) is 18.2 Å². The Morgan fingerprint density at radius 3 is 2.47 bits per heavy atom. The van der Waals surface area contributed by atoms with E-state index in [1.807, 2.05) is 20.8 Å². The molecule has 1 unspecified atom stereocenters. The number of thiazole rings is 1. The quantitative estimate of drug-likeness (QED) is 0.900. The highest BCUT2D eigenvalue weighted by Gasteiger charge is 2.28. The lowest BCUT2D eigenvalue weighted by atomic mass is 10.2. The summed E-state index contributed by atoms with van der Waals surface area (Å²) in [6.07, 6.45) is -5.33. The fourth-order valence-corrected chi connectivity index (χ4v) is 2.56. The summed E-state index contributed by atoms with van der Waals surface area (Å²) < 4.78 is 36.1. The van der Waals surface area contributed by atoms with Crippen molar-refractivity contribution in [3.8, 4) is 0 Å². The van der Waals surface area contributed by atoms with Gasteiger partial charge in [-0.3, -0.25) is 4.79 Å². The van der Waals surface area contributed by atoms with Crippen molar-refractivity contribution in [2.45, 2.75) is 52.3 Å². The first kappa shape index (κ1) is 15.9. The Morgan fingerprint density at radius 1 is 1.42 bits per heavy atom. The molecular formula is C12H17F3N2OS. The zero-order valence-electron chi connectivity index (χ0n) is 11.1. The van der Waals surface area contributed by atoms with Crippen LogP contribution >= 0.6 is 11.3 Å². The van der Waals surface area contributed by atoms with Crippen molar-refractivity contribution in [2.75, 3.05) is 0 Å². The number of aromatic nitrogens is 1. The molecule has 3 nitrogen and oxygen atoms in total. The van der Waals surface area contributed by atoms with E-state index in [0.29, 0.717) is 6.42 Å². The van der Waals surface area contributed by atoms with E-state index in [1.165, 1.54) is 11.3 Å². The lowest BCUT2D eigenvalue weighted by Crippen LogP contribution is -2.29. The maximum atomic E-state index is 12.0. The molecule has 0 fully saturated rings. The first-order valence-electron chi connectivity index (χ1n) is 6.03. The number of aryl methyl sites for hydroxylation is 2. The van der Waals surface area contributed by atoms with Gasteiger partial charge in [-0.25, -0.2) is 4.98 Å². The molecule has 0 spiro atoms. The van der Waals surface area contributed by atoms with Crippen LogP contribution in [0.15, 0.2) is 0 Å². The van der Waals surface area contributed by atoms with Gasteiger partial charge in [0.15, 0.2) is 0 Å². The second-order valence-electron chi connectivity index (χ2n) is 4.34. The van der Waals surface area contributed by atoms with Gasteiger partial charge >= 0.3 is 6.18 Å². The number of halogens is 3. The van der Waals surface area contributed by atoms with Crippen LogP contribution in [-0.2, 0) is 4.79 Å². The fourth-order valence-electron chi connectivity index (χ4n) is 1.51. The molecule has 0 bridgehead atoms. The maximum Gasteiger partial charge on any atom is 0.389 e. The minimum Gasteiger partial charge on any atom is -0.347 e. The first-order valence-corrected chi connectivity index (χ1v) is 6.84. The van der Waals surface area contributed by atoms with Gasteiger partial charge in [-0.2, -0.15) is 13.2 Å². The third-order valence-electron chi connectivity index (χ3n) is 2.72. The number of hydrogen-bond donors (Lipinski definition) is 1. The van der Waals surface area contributed by atoms with Crippen LogP contribution in [0.1, 0.15) is 47.8 Å². The molecular weight excluding hydrogens is 277 g/mol. The van der Waals surface area contributed by atoms with Crippen molar-refractivity contribution in [2.24, 2.45) is 0 Å². The summed E-state index contributed by atoms with van der Waals surface area (Å²) in [5.41, 5.74) is 0.892. The molecule has 1 aromatic heterocycles. The predicted molar refractivity (Wildman–Crippen MR) is 68.1 cm³/mol. The predicted octanol–water partition coefficient (Wildman–Crippen LogP) is 3.67. The lowest BCUT2D eigenvalue weighted by molar-refractivity contribution is -0.144. The van der Waals surface area contributed by atoms with Gasteiger partial charge in [0.2, 0.25) is 5.91 Å². The van der Waals surface area contributed by atoms with E-state index in [4.69, 9.17) is 0 Å². The van der Waals surface area contributed by atoms with Crippen LogP contribution < -0.4 is 5.32 Å².